The molecule has 1 atom stereocenters. The monoisotopic (exact) mass is 378 g/mol. The molecule has 0 aromatic carbocycles. The van der Waals surface area contributed by atoms with Crippen molar-refractivity contribution in [1.82, 2.24) is 29.3 Å². The van der Waals surface area contributed by atoms with E-state index in [-0.39, 0.29) is 17.8 Å². The maximum absolute atomic E-state index is 13.0. The summed E-state index contributed by atoms with van der Waals surface area (Å²) < 4.78 is 42.8. The number of nitrogens with zero attached hydrogens (tertiary/aromatic N) is 6. The number of aryl methyl sites for hydroxylation is 2. The predicted octanol–water partition coefficient (Wildman–Crippen LogP) is 2.98. The van der Waals surface area contributed by atoms with E-state index in [2.05, 4.69) is 35.3 Å². The van der Waals surface area contributed by atoms with Gasteiger partial charge in [-0.2, -0.15) is 23.3 Å². The number of imidazole rings is 1. The zero-order valence-electron chi connectivity index (χ0n) is 14.6. The molecule has 0 saturated heterocycles. The van der Waals surface area contributed by atoms with Crippen molar-refractivity contribution >= 4 is 17.5 Å². The van der Waals surface area contributed by atoms with Crippen molar-refractivity contribution in [2.75, 3.05) is 17.7 Å². The van der Waals surface area contributed by atoms with Crippen LogP contribution < -0.4 is 10.6 Å². The zero-order chi connectivity index (χ0) is 19.2. The molecule has 0 spiro atoms. The first-order valence-corrected chi connectivity index (χ1v) is 8.32. The molecule has 142 valence electrons. The van der Waals surface area contributed by atoms with Gasteiger partial charge in [-0.3, -0.25) is 4.68 Å². The smallest absolute Gasteiger partial charge is 0.372 e. The van der Waals surface area contributed by atoms with Crippen LogP contribution in [-0.4, -0.2) is 36.3 Å². The SMILES string of the molecule is CNc1nc(Nc2cn([C@H]3CCn4ccnc43)nc2C)ncc1C(F)(F)F. The van der Waals surface area contributed by atoms with Gasteiger partial charge in [0.15, 0.2) is 0 Å². The van der Waals surface area contributed by atoms with Crippen LogP contribution >= 0.6 is 0 Å². The van der Waals surface area contributed by atoms with Crippen LogP contribution in [-0.2, 0) is 12.7 Å². The van der Waals surface area contributed by atoms with Gasteiger partial charge in [-0.25, -0.2) is 9.97 Å². The van der Waals surface area contributed by atoms with Gasteiger partial charge in [0.2, 0.25) is 5.95 Å². The summed E-state index contributed by atoms with van der Waals surface area (Å²) >= 11 is 0. The van der Waals surface area contributed by atoms with Crippen LogP contribution in [0.3, 0.4) is 0 Å². The Morgan fingerprint density at radius 1 is 1.26 bits per heavy atom. The Bertz CT molecular complexity index is 974. The first-order valence-electron chi connectivity index (χ1n) is 8.32. The molecule has 0 amide bonds. The largest absolute Gasteiger partial charge is 0.421 e. The predicted molar refractivity (Wildman–Crippen MR) is 91.8 cm³/mol. The molecule has 3 aromatic rings. The molecule has 0 unspecified atom stereocenters. The highest BCUT2D eigenvalue weighted by molar-refractivity contribution is 5.58. The van der Waals surface area contributed by atoms with Gasteiger partial charge in [0.25, 0.3) is 0 Å². The van der Waals surface area contributed by atoms with Gasteiger partial charge in [0, 0.05) is 38.4 Å². The van der Waals surface area contributed by atoms with Crippen LogP contribution in [0.25, 0.3) is 0 Å². The van der Waals surface area contributed by atoms with Crippen LogP contribution in [0.5, 0.6) is 0 Å². The maximum Gasteiger partial charge on any atom is 0.421 e. The highest BCUT2D eigenvalue weighted by atomic mass is 19.4. The Morgan fingerprint density at radius 3 is 2.81 bits per heavy atom. The minimum Gasteiger partial charge on any atom is -0.372 e. The first-order chi connectivity index (χ1) is 12.9. The normalized spacial score (nSPS) is 16.4. The third-order valence-electron chi connectivity index (χ3n) is 4.50. The average Bonchev–Trinajstić information content (AvgIpc) is 3.30. The third-order valence-corrected chi connectivity index (χ3v) is 4.50. The lowest BCUT2D eigenvalue weighted by atomic mass is 10.2. The van der Waals surface area contributed by atoms with Crippen molar-refractivity contribution in [3.05, 3.63) is 41.9 Å². The Kier molecular flexibility index (Phi) is 4.01. The van der Waals surface area contributed by atoms with Gasteiger partial charge >= 0.3 is 6.18 Å². The van der Waals surface area contributed by atoms with E-state index in [0.29, 0.717) is 11.4 Å². The maximum atomic E-state index is 13.0. The van der Waals surface area contributed by atoms with Crippen LogP contribution in [0, 0.1) is 6.92 Å². The van der Waals surface area contributed by atoms with E-state index in [4.69, 9.17) is 0 Å². The molecule has 27 heavy (non-hydrogen) atoms. The molecule has 0 aliphatic carbocycles. The van der Waals surface area contributed by atoms with Gasteiger partial charge in [-0.05, 0) is 13.3 Å². The summed E-state index contributed by atoms with van der Waals surface area (Å²) in [5.41, 5.74) is 0.400. The molecule has 2 N–H and O–H groups in total. The first kappa shape index (κ1) is 17.3. The topological polar surface area (TPSA) is 85.5 Å². The summed E-state index contributed by atoms with van der Waals surface area (Å²) in [7, 11) is 1.38. The number of hydrogen-bond donors (Lipinski definition) is 2. The van der Waals surface area contributed by atoms with Crippen molar-refractivity contribution < 1.29 is 13.2 Å². The molecule has 0 saturated carbocycles. The van der Waals surface area contributed by atoms with Crippen LogP contribution in [0.1, 0.15) is 29.5 Å². The van der Waals surface area contributed by atoms with Crippen LogP contribution in [0.15, 0.2) is 24.8 Å². The molecule has 11 heteroatoms. The number of hydrogen-bond acceptors (Lipinski definition) is 6. The number of halogens is 3. The molecule has 1 aliphatic rings. The fourth-order valence-electron chi connectivity index (χ4n) is 3.17. The summed E-state index contributed by atoms with van der Waals surface area (Å²) in [6, 6.07) is 0.0237. The van der Waals surface area contributed by atoms with Crippen LogP contribution in [0.2, 0.25) is 0 Å². The highest BCUT2D eigenvalue weighted by Gasteiger charge is 2.35. The molecule has 0 radical (unpaired) electrons. The Labute approximate surface area is 152 Å². The Morgan fingerprint density at radius 2 is 2.07 bits per heavy atom. The van der Waals surface area contributed by atoms with Crippen LogP contribution in [0.4, 0.5) is 30.6 Å². The number of anilines is 3. The van der Waals surface area contributed by atoms with Crippen molar-refractivity contribution in [1.29, 1.82) is 0 Å². The molecular weight excluding hydrogens is 361 g/mol. The summed E-state index contributed by atoms with van der Waals surface area (Å²) in [6.07, 6.45) is 2.60. The molecule has 4 rings (SSSR count). The molecule has 8 nitrogen and oxygen atoms in total. The van der Waals surface area contributed by atoms with E-state index in [1.54, 1.807) is 12.4 Å². The van der Waals surface area contributed by atoms with E-state index in [9.17, 15) is 13.2 Å². The van der Waals surface area contributed by atoms with E-state index in [1.807, 2.05) is 17.8 Å². The molecular formula is C16H17F3N8. The minimum absolute atomic E-state index is 0.0237. The van der Waals surface area contributed by atoms with Gasteiger partial charge in [0.05, 0.1) is 11.4 Å². The zero-order valence-corrected chi connectivity index (χ0v) is 14.6. The molecule has 0 bridgehead atoms. The minimum atomic E-state index is -4.53. The lowest BCUT2D eigenvalue weighted by Crippen LogP contribution is -2.12. The molecule has 4 heterocycles. The van der Waals surface area contributed by atoms with Crippen molar-refractivity contribution in [3.8, 4) is 0 Å². The van der Waals surface area contributed by atoms with E-state index >= 15 is 0 Å². The van der Waals surface area contributed by atoms with Crippen molar-refractivity contribution in [2.24, 2.45) is 0 Å². The Balaban J connectivity index is 1.60. The fourth-order valence-corrected chi connectivity index (χ4v) is 3.17. The second-order valence-electron chi connectivity index (χ2n) is 6.22. The summed E-state index contributed by atoms with van der Waals surface area (Å²) in [5.74, 6) is 0.707. The second kappa shape index (κ2) is 6.25. The van der Waals surface area contributed by atoms with Gasteiger partial charge in [0.1, 0.15) is 23.2 Å². The number of nitrogens with one attached hydrogen (secondary N) is 2. The lowest BCUT2D eigenvalue weighted by molar-refractivity contribution is -0.137. The van der Waals surface area contributed by atoms with E-state index in [1.165, 1.54) is 7.05 Å². The summed E-state index contributed by atoms with van der Waals surface area (Å²) in [4.78, 5) is 12.1. The average molecular weight is 378 g/mol. The van der Waals surface area contributed by atoms with E-state index in [0.717, 1.165) is 25.0 Å². The number of rotatable bonds is 4. The van der Waals surface area contributed by atoms with Gasteiger partial charge < -0.3 is 15.2 Å². The van der Waals surface area contributed by atoms with E-state index < -0.39 is 11.7 Å². The lowest BCUT2D eigenvalue weighted by Gasteiger charge is -2.12. The number of aromatic nitrogens is 6. The highest BCUT2D eigenvalue weighted by Crippen LogP contribution is 2.34. The third kappa shape index (κ3) is 3.09. The second-order valence-corrected chi connectivity index (χ2v) is 6.22. The fraction of sp³-hybridized carbons (Fsp3) is 0.375. The van der Waals surface area contributed by atoms with Gasteiger partial charge in [-0.1, -0.05) is 0 Å². The molecule has 0 fully saturated rings. The number of fused-ring (bicyclic) bond motifs is 1. The molecule has 1 aliphatic heterocycles. The Hall–Kier alpha value is -3.11. The molecule has 3 aromatic heterocycles. The quantitative estimate of drug-likeness (QED) is 0.726. The van der Waals surface area contributed by atoms with Gasteiger partial charge in [-0.15, -0.1) is 0 Å². The standard InChI is InChI=1S/C16H17F3N8/c1-9-11(8-27(25-9)12-3-5-26-6-4-21-14(12)26)23-15-22-7-10(16(17,18)19)13(20-2)24-15/h4,6-8,12H,3,5H2,1-2H3,(H2,20,22,23,24)/t12-/m0/s1. The van der Waals surface area contributed by atoms with Crippen molar-refractivity contribution in [3.63, 3.8) is 0 Å². The van der Waals surface area contributed by atoms with Crippen molar-refractivity contribution in [2.45, 2.75) is 32.1 Å². The summed E-state index contributed by atoms with van der Waals surface area (Å²) in [6.45, 7) is 2.68. The summed E-state index contributed by atoms with van der Waals surface area (Å²) in [5, 5.41) is 9.92. The number of alkyl halides is 3.